The number of aromatic nitrogens is 1. The molecule has 1 aliphatic heterocycles. The Morgan fingerprint density at radius 1 is 1.56 bits per heavy atom. The lowest BCUT2D eigenvalue weighted by Gasteiger charge is -2.11. The van der Waals surface area contributed by atoms with Crippen molar-refractivity contribution in [3.63, 3.8) is 0 Å². The molecule has 0 aliphatic carbocycles. The molecule has 0 saturated carbocycles. The first-order valence-corrected chi connectivity index (χ1v) is 7.17. The third-order valence-electron chi connectivity index (χ3n) is 2.89. The van der Waals surface area contributed by atoms with Crippen LogP contribution in [0.15, 0.2) is 18.3 Å². The van der Waals surface area contributed by atoms with Gasteiger partial charge in [-0.15, -0.1) is 0 Å². The zero-order chi connectivity index (χ0) is 11.6. The SMILES string of the molecule is Cc1cc(NCC2CCCS2(=O)=O)ccn1. The van der Waals surface area contributed by atoms with Gasteiger partial charge in [-0.3, -0.25) is 4.98 Å². The monoisotopic (exact) mass is 240 g/mol. The van der Waals surface area contributed by atoms with Gasteiger partial charge in [0.25, 0.3) is 0 Å². The van der Waals surface area contributed by atoms with Gasteiger partial charge in [0.2, 0.25) is 0 Å². The second kappa shape index (κ2) is 4.41. The van der Waals surface area contributed by atoms with Crippen LogP contribution in [-0.2, 0) is 9.84 Å². The molecule has 0 spiro atoms. The summed E-state index contributed by atoms with van der Waals surface area (Å²) in [6, 6.07) is 3.77. The van der Waals surface area contributed by atoms with Crippen molar-refractivity contribution >= 4 is 15.5 Å². The van der Waals surface area contributed by atoms with Crippen LogP contribution in [0.5, 0.6) is 0 Å². The third-order valence-corrected chi connectivity index (χ3v) is 5.17. The van der Waals surface area contributed by atoms with Crippen molar-refractivity contribution in [3.8, 4) is 0 Å². The summed E-state index contributed by atoms with van der Waals surface area (Å²) in [5.41, 5.74) is 1.87. The highest BCUT2D eigenvalue weighted by atomic mass is 32.2. The summed E-state index contributed by atoms with van der Waals surface area (Å²) < 4.78 is 23.2. The van der Waals surface area contributed by atoms with E-state index in [1.54, 1.807) is 6.20 Å². The molecule has 0 radical (unpaired) electrons. The maximum atomic E-state index is 11.6. The number of nitrogens with zero attached hydrogens (tertiary/aromatic N) is 1. The first-order chi connectivity index (χ1) is 7.58. The molecular formula is C11H16N2O2S. The van der Waals surface area contributed by atoms with E-state index in [0.29, 0.717) is 12.3 Å². The lowest BCUT2D eigenvalue weighted by atomic mass is 10.2. The Hall–Kier alpha value is -1.10. The first-order valence-electron chi connectivity index (χ1n) is 5.46. The van der Waals surface area contributed by atoms with Gasteiger partial charge >= 0.3 is 0 Å². The van der Waals surface area contributed by atoms with Crippen LogP contribution in [0.25, 0.3) is 0 Å². The van der Waals surface area contributed by atoms with Crippen LogP contribution in [-0.4, -0.2) is 30.9 Å². The van der Waals surface area contributed by atoms with Gasteiger partial charge in [-0.2, -0.15) is 0 Å². The number of pyridine rings is 1. The van der Waals surface area contributed by atoms with E-state index in [1.807, 2.05) is 19.1 Å². The fraction of sp³-hybridized carbons (Fsp3) is 0.545. The molecule has 2 rings (SSSR count). The van der Waals surface area contributed by atoms with Crippen LogP contribution in [0.3, 0.4) is 0 Å². The molecule has 1 aromatic rings. The minimum atomic E-state index is -2.85. The molecular weight excluding hydrogens is 224 g/mol. The number of hydrogen-bond donors (Lipinski definition) is 1. The Morgan fingerprint density at radius 2 is 2.38 bits per heavy atom. The maximum absolute atomic E-state index is 11.6. The largest absolute Gasteiger partial charge is 0.384 e. The molecule has 1 unspecified atom stereocenters. The number of aryl methyl sites for hydroxylation is 1. The van der Waals surface area contributed by atoms with Crippen LogP contribution in [0.1, 0.15) is 18.5 Å². The van der Waals surface area contributed by atoms with Gasteiger partial charge in [0.05, 0.1) is 11.0 Å². The van der Waals surface area contributed by atoms with E-state index in [2.05, 4.69) is 10.3 Å². The van der Waals surface area contributed by atoms with Gasteiger partial charge in [-0.25, -0.2) is 8.42 Å². The molecule has 1 aliphatic rings. The van der Waals surface area contributed by atoms with Crippen LogP contribution >= 0.6 is 0 Å². The summed E-state index contributed by atoms with van der Waals surface area (Å²) >= 11 is 0. The molecule has 0 aromatic carbocycles. The summed E-state index contributed by atoms with van der Waals surface area (Å²) in [6.45, 7) is 2.42. The maximum Gasteiger partial charge on any atom is 0.154 e. The van der Waals surface area contributed by atoms with Crippen molar-refractivity contribution < 1.29 is 8.42 Å². The zero-order valence-corrected chi connectivity index (χ0v) is 10.1. The van der Waals surface area contributed by atoms with Crippen molar-refractivity contribution in [2.75, 3.05) is 17.6 Å². The van der Waals surface area contributed by atoms with Crippen molar-refractivity contribution in [3.05, 3.63) is 24.0 Å². The predicted octanol–water partition coefficient (Wildman–Crippen LogP) is 1.38. The lowest BCUT2D eigenvalue weighted by molar-refractivity contribution is 0.591. The minimum Gasteiger partial charge on any atom is -0.384 e. The van der Waals surface area contributed by atoms with Crippen molar-refractivity contribution in [1.82, 2.24) is 4.98 Å². The molecule has 5 heteroatoms. The fourth-order valence-electron chi connectivity index (χ4n) is 1.97. The molecule has 1 N–H and O–H groups in total. The Bertz CT molecular complexity index is 471. The molecule has 1 atom stereocenters. The van der Waals surface area contributed by atoms with Crippen LogP contribution in [0, 0.1) is 6.92 Å². The molecule has 2 heterocycles. The van der Waals surface area contributed by atoms with Crippen LogP contribution < -0.4 is 5.32 Å². The molecule has 16 heavy (non-hydrogen) atoms. The standard InChI is InChI=1S/C11H16N2O2S/c1-9-7-10(4-5-12-9)13-8-11-3-2-6-16(11,14)15/h4-5,7,11H,2-3,6,8H2,1H3,(H,12,13). The van der Waals surface area contributed by atoms with E-state index in [9.17, 15) is 8.42 Å². The highest BCUT2D eigenvalue weighted by Gasteiger charge is 2.30. The zero-order valence-electron chi connectivity index (χ0n) is 9.31. The summed E-state index contributed by atoms with van der Waals surface area (Å²) in [5, 5.41) is 2.94. The van der Waals surface area contributed by atoms with Gasteiger partial charge in [-0.05, 0) is 31.9 Å². The van der Waals surface area contributed by atoms with E-state index in [1.165, 1.54) is 0 Å². The lowest BCUT2D eigenvalue weighted by Crippen LogP contribution is -2.25. The Labute approximate surface area is 96.0 Å². The quantitative estimate of drug-likeness (QED) is 0.867. The number of sulfone groups is 1. The molecule has 1 fully saturated rings. The molecule has 1 aromatic heterocycles. The minimum absolute atomic E-state index is 0.221. The molecule has 0 amide bonds. The second-order valence-corrected chi connectivity index (χ2v) is 6.60. The van der Waals surface area contributed by atoms with E-state index in [-0.39, 0.29) is 5.25 Å². The van der Waals surface area contributed by atoms with Crippen LogP contribution in [0.2, 0.25) is 0 Å². The second-order valence-electron chi connectivity index (χ2n) is 4.20. The van der Waals surface area contributed by atoms with E-state index in [0.717, 1.165) is 24.2 Å². The fourth-order valence-corrected chi connectivity index (χ4v) is 3.74. The molecule has 1 saturated heterocycles. The summed E-state index contributed by atoms with van der Waals surface area (Å²) in [7, 11) is -2.85. The highest BCUT2D eigenvalue weighted by molar-refractivity contribution is 7.92. The van der Waals surface area contributed by atoms with E-state index < -0.39 is 9.84 Å². The Kier molecular flexibility index (Phi) is 3.14. The average Bonchev–Trinajstić information content (AvgIpc) is 2.55. The van der Waals surface area contributed by atoms with Crippen LogP contribution in [0.4, 0.5) is 5.69 Å². The molecule has 88 valence electrons. The number of rotatable bonds is 3. The summed E-state index contributed by atoms with van der Waals surface area (Å²) in [6.07, 6.45) is 3.30. The Balaban J connectivity index is 1.98. The van der Waals surface area contributed by atoms with Gasteiger partial charge in [0.15, 0.2) is 9.84 Å². The van der Waals surface area contributed by atoms with Gasteiger partial charge < -0.3 is 5.32 Å². The number of hydrogen-bond acceptors (Lipinski definition) is 4. The molecule has 0 bridgehead atoms. The van der Waals surface area contributed by atoms with Gasteiger partial charge in [0.1, 0.15) is 0 Å². The Morgan fingerprint density at radius 3 is 3.00 bits per heavy atom. The summed E-state index contributed by atoms with van der Waals surface area (Å²) in [5.74, 6) is 0.342. The first kappa shape index (κ1) is 11.4. The van der Waals surface area contributed by atoms with Crippen molar-refractivity contribution in [2.45, 2.75) is 25.0 Å². The van der Waals surface area contributed by atoms with Gasteiger partial charge in [0, 0.05) is 24.1 Å². The van der Waals surface area contributed by atoms with Crippen molar-refractivity contribution in [1.29, 1.82) is 0 Å². The van der Waals surface area contributed by atoms with Crippen molar-refractivity contribution in [2.24, 2.45) is 0 Å². The molecule has 4 nitrogen and oxygen atoms in total. The number of nitrogens with one attached hydrogen (secondary N) is 1. The summed E-state index contributed by atoms with van der Waals surface area (Å²) in [4.78, 5) is 4.09. The smallest absolute Gasteiger partial charge is 0.154 e. The van der Waals surface area contributed by atoms with E-state index in [4.69, 9.17) is 0 Å². The topological polar surface area (TPSA) is 59.1 Å². The van der Waals surface area contributed by atoms with E-state index >= 15 is 0 Å². The number of anilines is 1. The van der Waals surface area contributed by atoms with Gasteiger partial charge in [-0.1, -0.05) is 0 Å². The highest BCUT2D eigenvalue weighted by Crippen LogP contribution is 2.20. The normalized spacial score (nSPS) is 23.2. The average molecular weight is 240 g/mol. The predicted molar refractivity (Wildman–Crippen MR) is 64.3 cm³/mol. The third kappa shape index (κ3) is 2.52.